The lowest BCUT2D eigenvalue weighted by atomic mass is 10.0. The van der Waals surface area contributed by atoms with E-state index in [4.69, 9.17) is 0 Å². The van der Waals surface area contributed by atoms with Crippen LogP contribution in [0.2, 0.25) is 0 Å². The summed E-state index contributed by atoms with van der Waals surface area (Å²) in [6.07, 6.45) is 1.48. The summed E-state index contributed by atoms with van der Waals surface area (Å²) in [7, 11) is 0. The van der Waals surface area contributed by atoms with Gasteiger partial charge in [0, 0.05) is 19.6 Å². The maximum Gasteiger partial charge on any atom is 0.123 e. The highest BCUT2D eigenvalue weighted by Gasteiger charge is 2.17. The number of aliphatic hydroxyl groups is 1. The van der Waals surface area contributed by atoms with E-state index in [1.165, 1.54) is 23.3 Å². The van der Waals surface area contributed by atoms with E-state index in [2.05, 4.69) is 29.2 Å². The Morgan fingerprint density at radius 3 is 2.10 bits per heavy atom. The summed E-state index contributed by atoms with van der Waals surface area (Å²) in [5.74, 6) is -0.267. The van der Waals surface area contributed by atoms with Gasteiger partial charge in [-0.15, -0.1) is 0 Å². The van der Waals surface area contributed by atoms with Crippen molar-refractivity contribution in [1.82, 2.24) is 4.90 Å². The first kappa shape index (κ1) is 14.2. The van der Waals surface area contributed by atoms with Crippen molar-refractivity contribution < 1.29 is 9.50 Å². The SMILES string of the molecule is OC(CN1CCc2ccccc2CC1)c1ccc(F)cc1. The van der Waals surface area contributed by atoms with Gasteiger partial charge < -0.3 is 5.11 Å². The molecule has 21 heavy (non-hydrogen) atoms. The maximum absolute atomic E-state index is 12.9. The van der Waals surface area contributed by atoms with Crippen molar-refractivity contribution in [3.8, 4) is 0 Å². The Balaban J connectivity index is 1.63. The van der Waals surface area contributed by atoms with Gasteiger partial charge in [0.2, 0.25) is 0 Å². The lowest BCUT2D eigenvalue weighted by Crippen LogP contribution is -2.31. The van der Waals surface area contributed by atoms with Gasteiger partial charge in [-0.1, -0.05) is 36.4 Å². The quantitative estimate of drug-likeness (QED) is 0.937. The average Bonchev–Trinajstić information content (AvgIpc) is 2.71. The number of benzene rings is 2. The highest BCUT2D eigenvalue weighted by atomic mass is 19.1. The Morgan fingerprint density at radius 2 is 1.52 bits per heavy atom. The summed E-state index contributed by atoms with van der Waals surface area (Å²) in [6, 6.07) is 14.7. The van der Waals surface area contributed by atoms with E-state index in [9.17, 15) is 9.50 Å². The van der Waals surface area contributed by atoms with E-state index >= 15 is 0 Å². The Labute approximate surface area is 124 Å². The second-order valence-corrected chi connectivity index (χ2v) is 5.64. The van der Waals surface area contributed by atoms with Crippen LogP contribution >= 0.6 is 0 Å². The Kier molecular flexibility index (Phi) is 4.32. The number of halogens is 1. The normalized spacial score (nSPS) is 17.0. The van der Waals surface area contributed by atoms with E-state index in [1.54, 1.807) is 12.1 Å². The fourth-order valence-corrected chi connectivity index (χ4v) is 2.93. The molecule has 2 nitrogen and oxygen atoms in total. The maximum atomic E-state index is 12.9. The van der Waals surface area contributed by atoms with Crippen LogP contribution in [0.25, 0.3) is 0 Å². The van der Waals surface area contributed by atoms with Crippen LogP contribution in [-0.2, 0) is 12.8 Å². The van der Waals surface area contributed by atoms with Crippen molar-refractivity contribution in [3.05, 3.63) is 71.0 Å². The largest absolute Gasteiger partial charge is 0.387 e. The van der Waals surface area contributed by atoms with Gasteiger partial charge in [0.25, 0.3) is 0 Å². The molecule has 3 rings (SSSR count). The molecule has 1 aliphatic rings. The van der Waals surface area contributed by atoms with Crippen LogP contribution < -0.4 is 0 Å². The van der Waals surface area contributed by atoms with Gasteiger partial charge in [-0.2, -0.15) is 0 Å². The molecule has 0 aromatic heterocycles. The molecular weight excluding hydrogens is 265 g/mol. The molecule has 0 fully saturated rings. The smallest absolute Gasteiger partial charge is 0.123 e. The molecule has 1 heterocycles. The molecular formula is C18H20FNO. The predicted octanol–water partition coefficient (Wildman–Crippen LogP) is 2.96. The Hall–Kier alpha value is -1.71. The van der Waals surface area contributed by atoms with Gasteiger partial charge in [-0.25, -0.2) is 4.39 Å². The van der Waals surface area contributed by atoms with E-state index in [0.717, 1.165) is 31.5 Å². The third-order valence-electron chi connectivity index (χ3n) is 4.20. The predicted molar refractivity (Wildman–Crippen MR) is 81.6 cm³/mol. The van der Waals surface area contributed by atoms with Crippen LogP contribution in [0.3, 0.4) is 0 Å². The lowest BCUT2D eigenvalue weighted by molar-refractivity contribution is 0.115. The summed E-state index contributed by atoms with van der Waals surface area (Å²) >= 11 is 0. The lowest BCUT2D eigenvalue weighted by Gasteiger charge is -2.23. The Morgan fingerprint density at radius 1 is 0.952 bits per heavy atom. The van der Waals surface area contributed by atoms with Gasteiger partial charge >= 0.3 is 0 Å². The number of hydrogen-bond acceptors (Lipinski definition) is 2. The molecule has 0 amide bonds. The first-order chi connectivity index (χ1) is 10.2. The first-order valence-electron chi connectivity index (χ1n) is 7.45. The van der Waals surface area contributed by atoms with Crippen molar-refractivity contribution >= 4 is 0 Å². The molecule has 1 atom stereocenters. The zero-order chi connectivity index (χ0) is 14.7. The number of nitrogens with zero attached hydrogens (tertiary/aromatic N) is 1. The van der Waals surface area contributed by atoms with Gasteiger partial charge in [-0.3, -0.25) is 4.90 Å². The van der Waals surface area contributed by atoms with E-state index < -0.39 is 6.10 Å². The molecule has 0 saturated carbocycles. The minimum atomic E-state index is -0.563. The summed E-state index contributed by atoms with van der Waals surface area (Å²) in [5, 5.41) is 10.3. The molecule has 3 heteroatoms. The van der Waals surface area contributed by atoms with Crippen molar-refractivity contribution in [2.24, 2.45) is 0 Å². The van der Waals surface area contributed by atoms with Crippen molar-refractivity contribution in [3.63, 3.8) is 0 Å². The minimum Gasteiger partial charge on any atom is -0.387 e. The highest BCUT2D eigenvalue weighted by Crippen LogP contribution is 2.19. The fraction of sp³-hybridized carbons (Fsp3) is 0.333. The average molecular weight is 285 g/mol. The molecule has 0 saturated heterocycles. The van der Waals surface area contributed by atoms with Gasteiger partial charge in [-0.05, 0) is 41.7 Å². The molecule has 0 spiro atoms. The molecule has 1 aliphatic heterocycles. The molecule has 0 aliphatic carbocycles. The minimum absolute atomic E-state index is 0.267. The van der Waals surface area contributed by atoms with Crippen molar-refractivity contribution in [2.45, 2.75) is 18.9 Å². The highest BCUT2D eigenvalue weighted by molar-refractivity contribution is 5.28. The monoisotopic (exact) mass is 285 g/mol. The summed E-state index contributed by atoms with van der Waals surface area (Å²) in [5.41, 5.74) is 3.60. The van der Waals surface area contributed by atoms with Crippen LogP contribution in [0.5, 0.6) is 0 Å². The third kappa shape index (κ3) is 3.49. The second-order valence-electron chi connectivity index (χ2n) is 5.64. The molecule has 0 bridgehead atoms. The number of rotatable bonds is 3. The van der Waals surface area contributed by atoms with Crippen LogP contribution in [0, 0.1) is 5.82 Å². The first-order valence-corrected chi connectivity index (χ1v) is 7.45. The standard InChI is InChI=1S/C18H20FNO/c19-17-7-5-16(6-8-17)18(21)13-20-11-9-14-3-1-2-4-15(14)10-12-20/h1-8,18,21H,9-13H2. The Bertz CT molecular complexity index is 569. The number of fused-ring (bicyclic) bond motifs is 1. The second kappa shape index (κ2) is 6.37. The van der Waals surface area contributed by atoms with E-state index in [0.29, 0.717) is 6.54 Å². The van der Waals surface area contributed by atoms with Crippen LogP contribution in [0.15, 0.2) is 48.5 Å². The number of β-amino-alcohol motifs (C(OH)–C–C–N with tert-alkyl or cyclic N) is 1. The van der Waals surface area contributed by atoms with E-state index in [1.807, 2.05) is 0 Å². The van der Waals surface area contributed by atoms with Crippen LogP contribution in [-0.4, -0.2) is 29.6 Å². The van der Waals surface area contributed by atoms with Gasteiger partial charge in [0.1, 0.15) is 5.82 Å². The third-order valence-corrected chi connectivity index (χ3v) is 4.20. The topological polar surface area (TPSA) is 23.5 Å². The molecule has 2 aromatic rings. The van der Waals surface area contributed by atoms with Crippen LogP contribution in [0.1, 0.15) is 22.8 Å². The zero-order valence-corrected chi connectivity index (χ0v) is 12.0. The summed E-state index contributed by atoms with van der Waals surface area (Å²) in [4.78, 5) is 2.29. The summed E-state index contributed by atoms with van der Waals surface area (Å²) in [6.45, 7) is 2.50. The van der Waals surface area contributed by atoms with Crippen molar-refractivity contribution in [2.75, 3.05) is 19.6 Å². The van der Waals surface area contributed by atoms with Gasteiger partial charge in [0.05, 0.1) is 6.10 Å². The summed E-state index contributed by atoms with van der Waals surface area (Å²) < 4.78 is 12.9. The van der Waals surface area contributed by atoms with Crippen molar-refractivity contribution in [1.29, 1.82) is 0 Å². The molecule has 110 valence electrons. The zero-order valence-electron chi connectivity index (χ0n) is 12.0. The van der Waals surface area contributed by atoms with Crippen LogP contribution in [0.4, 0.5) is 4.39 Å². The molecule has 0 radical (unpaired) electrons. The van der Waals surface area contributed by atoms with E-state index in [-0.39, 0.29) is 5.82 Å². The molecule has 2 aromatic carbocycles. The molecule has 1 N–H and O–H groups in total. The fourth-order valence-electron chi connectivity index (χ4n) is 2.93. The van der Waals surface area contributed by atoms with Gasteiger partial charge in [0.15, 0.2) is 0 Å². The number of aliphatic hydroxyl groups excluding tert-OH is 1. The number of hydrogen-bond donors (Lipinski definition) is 1. The molecule has 1 unspecified atom stereocenters.